The fraction of sp³-hybridized carbons (Fsp3) is 0.588. The van der Waals surface area contributed by atoms with Gasteiger partial charge >= 0.3 is 6.03 Å². The summed E-state index contributed by atoms with van der Waals surface area (Å²) in [6, 6.07) is 7.84. The summed E-state index contributed by atoms with van der Waals surface area (Å²) in [6.07, 6.45) is 0. The van der Waals surface area contributed by atoms with Crippen molar-refractivity contribution in [2.75, 3.05) is 59.6 Å². The lowest BCUT2D eigenvalue weighted by atomic mass is 10.2. The first kappa shape index (κ1) is 17.6. The minimum atomic E-state index is -0.0641. The van der Waals surface area contributed by atoms with Crippen molar-refractivity contribution >= 4 is 6.03 Å². The third-order valence-electron chi connectivity index (χ3n) is 3.87. The number of amides is 2. The Morgan fingerprint density at radius 2 is 2.00 bits per heavy atom. The second-order valence-electron chi connectivity index (χ2n) is 5.77. The quantitative estimate of drug-likeness (QED) is 0.824. The van der Waals surface area contributed by atoms with Crippen LogP contribution in [0.4, 0.5) is 4.79 Å². The van der Waals surface area contributed by atoms with Crippen molar-refractivity contribution in [1.82, 2.24) is 15.1 Å². The molecule has 0 unspecified atom stereocenters. The molecule has 1 N–H and O–H groups in total. The molecule has 2 rings (SSSR count). The van der Waals surface area contributed by atoms with E-state index in [0.29, 0.717) is 19.7 Å². The molecule has 0 aromatic heterocycles. The van der Waals surface area contributed by atoms with Crippen LogP contribution in [0.3, 0.4) is 0 Å². The van der Waals surface area contributed by atoms with Crippen LogP contribution in [-0.2, 0) is 4.74 Å². The summed E-state index contributed by atoms with van der Waals surface area (Å²) in [5.41, 5.74) is 1.20. The van der Waals surface area contributed by atoms with E-state index < -0.39 is 0 Å². The van der Waals surface area contributed by atoms with Crippen LogP contribution in [0.2, 0.25) is 0 Å². The van der Waals surface area contributed by atoms with Gasteiger partial charge in [-0.05, 0) is 19.1 Å². The van der Waals surface area contributed by atoms with Crippen LogP contribution < -0.4 is 10.1 Å². The summed E-state index contributed by atoms with van der Waals surface area (Å²) in [5, 5.41) is 2.93. The van der Waals surface area contributed by atoms with Crippen molar-refractivity contribution in [3.8, 4) is 5.75 Å². The molecule has 1 aliphatic rings. The van der Waals surface area contributed by atoms with E-state index in [1.807, 2.05) is 31.2 Å². The average Bonchev–Trinajstić information content (AvgIpc) is 2.57. The smallest absolute Gasteiger partial charge is 0.317 e. The molecule has 1 aromatic rings. The number of nitrogens with zero attached hydrogens (tertiary/aromatic N) is 2. The van der Waals surface area contributed by atoms with Crippen LogP contribution in [0.1, 0.15) is 5.56 Å². The van der Waals surface area contributed by atoms with Crippen molar-refractivity contribution in [2.45, 2.75) is 6.92 Å². The summed E-state index contributed by atoms with van der Waals surface area (Å²) >= 11 is 0. The summed E-state index contributed by atoms with van der Waals surface area (Å²) in [6.45, 7) is 8.04. The number of benzene rings is 1. The Kier molecular flexibility index (Phi) is 7.16. The SMILES string of the molecule is Cc1ccc(OCCN(C)C(=O)NCCN2CCOCC2)cc1. The number of aryl methyl sites for hydroxylation is 1. The predicted octanol–water partition coefficient (Wildman–Crippen LogP) is 1.35. The number of rotatable bonds is 7. The maximum Gasteiger partial charge on any atom is 0.317 e. The number of hydrogen-bond donors (Lipinski definition) is 1. The van der Waals surface area contributed by atoms with Crippen molar-refractivity contribution in [3.63, 3.8) is 0 Å². The van der Waals surface area contributed by atoms with Crippen LogP contribution >= 0.6 is 0 Å². The fourth-order valence-electron chi connectivity index (χ4n) is 2.32. The highest BCUT2D eigenvalue weighted by Gasteiger charge is 2.11. The first-order valence-corrected chi connectivity index (χ1v) is 8.13. The van der Waals surface area contributed by atoms with Crippen molar-refractivity contribution in [3.05, 3.63) is 29.8 Å². The molecule has 1 aliphatic heterocycles. The minimum absolute atomic E-state index is 0.0641. The van der Waals surface area contributed by atoms with Gasteiger partial charge in [0.05, 0.1) is 19.8 Å². The zero-order chi connectivity index (χ0) is 16.5. The molecule has 0 aliphatic carbocycles. The molecule has 1 fully saturated rings. The molecule has 0 atom stereocenters. The van der Waals surface area contributed by atoms with E-state index in [0.717, 1.165) is 38.6 Å². The first-order chi connectivity index (χ1) is 11.1. The highest BCUT2D eigenvalue weighted by Crippen LogP contribution is 2.11. The number of carbonyl (C=O) groups excluding carboxylic acids is 1. The number of hydrogen-bond acceptors (Lipinski definition) is 4. The molecular formula is C17H27N3O3. The van der Waals surface area contributed by atoms with Crippen molar-refractivity contribution in [1.29, 1.82) is 0 Å². The van der Waals surface area contributed by atoms with Crippen LogP contribution in [-0.4, -0.2) is 75.4 Å². The highest BCUT2D eigenvalue weighted by atomic mass is 16.5. The second kappa shape index (κ2) is 9.37. The molecule has 1 saturated heterocycles. The Bertz CT molecular complexity index is 472. The molecule has 0 spiro atoms. The topological polar surface area (TPSA) is 54.0 Å². The standard InChI is InChI=1S/C17H27N3O3/c1-15-3-5-16(6-4-15)23-14-9-19(2)17(21)18-7-8-20-10-12-22-13-11-20/h3-6H,7-14H2,1-2H3,(H,18,21). The van der Waals surface area contributed by atoms with Gasteiger partial charge in [-0.15, -0.1) is 0 Å². The Labute approximate surface area is 138 Å². The van der Waals surface area contributed by atoms with Crippen molar-refractivity contribution < 1.29 is 14.3 Å². The molecule has 6 nitrogen and oxygen atoms in total. The van der Waals surface area contributed by atoms with Gasteiger partial charge in [0.15, 0.2) is 0 Å². The van der Waals surface area contributed by atoms with Gasteiger partial charge in [-0.3, -0.25) is 4.90 Å². The molecule has 23 heavy (non-hydrogen) atoms. The average molecular weight is 321 g/mol. The predicted molar refractivity (Wildman–Crippen MR) is 90.0 cm³/mol. The summed E-state index contributed by atoms with van der Waals surface area (Å²) in [7, 11) is 1.78. The molecule has 1 aromatic carbocycles. The summed E-state index contributed by atoms with van der Waals surface area (Å²) in [5.74, 6) is 0.830. The molecule has 1 heterocycles. The van der Waals surface area contributed by atoms with Gasteiger partial charge in [-0.1, -0.05) is 17.7 Å². The van der Waals surface area contributed by atoms with Gasteiger partial charge in [0, 0.05) is 33.2 Å². The van der Waals surface area contributed by atoms with E-state index in [4.69, 9.17) is 9.47 Å². The largest absolute Gasteiger partial charge is 0.492 e. The second-order valence-corrected chi connectivity index (χ2v) is 5.77. The van der Waals surface area contributed by atoms with E-state index in [2.05, 4.69) is 10.2 Å². The molecule has 2 amide bonds. The molecule has 0 radical (unpaired) electrons. The fourth-order valence-corrected chi connectivity index (χ4v) is 2.32. The molecule has 128 valence electrons. The number of likely N-dealkylation sites (N-methyl/N-ethyl adjacent to an activating group) is 1. The lowest BCUT2D eigenvalue weighted by molar-refractivity contribution is 0.0386. The normalized spacial score (nSPS) is 15.2. The molecular weight excluding hydrogens is 294 g/mol. The summed E-state index contributed by atoms with van der Waals surface area (Å²) < 4.78 is 10.9. The van der Waals surface area contributed by atoms with Gasteiger partial charge < -0.3 is 19.7 Å². The van der Waals surface area contributed by atoms with Crippen LogP contribution in [0, 0.1) is 6.92 Å². The third-order valence-corrected chi connectivity index (χ3v) is 3.87. The Morgan fingerprint density at radius 1 is 1.30 bits per heavy atom. The number of nitrogens with one attached hydrogen (secondary N) is 1. The molecule has 0 bridgehead atoms. The van der Waals surface area contributed by atoms with E-state index in [-0.39, 0.29) is 6.03 Å². The van der Waals surface area contributed by atoms with E-state index in [1.165, 1.54) is 5.56 Å². The third kappa shape index (κ3) is 6.46. The monoisotopic (exact) mass is 321 g/mol. The van der Waals surface area contributed by atoms with E-state index in [1.54, 1.807) is 11.9 Å². The molecule has 0 saturated carbocycles. The minimum Gasteiger partial charge on any atom is -0.492 e. The zero-order valence-corrected chi connectivity index (χ0v) is 14.1. The number of urea groups is 1. The number of ether oxygens (including phenoxy) is 2. The van der Waals surface area contributed by atoms with Crippen molar-refractivity contribution in [2.24, 2.45) is 0 Å². The number of morpholine rings is 1. The van der Waals surface area contributed by atoms with Gasteiger partial charge in [-0.2, -0.15) is 0 Å². The highest BCUT2D eigenvalue weighted by molar-refractivity contribution is 5.73. The van der Waals surface area contributed by atoms with Gasteiger partial charge in [0.2, 0.25) is 0 Å². The zero-order valence-electron chi connectivity index (χ0n) is 14.1. The van der Waals surface area contributed by atoms with Gasteiger partial charge in [-0.25, -0.2) is 4.79 Å². The maximum absolute atomic E-state index is 12.0. The van der Waals surface area contributed by atoms with Crippen LogP contribution in [0.5, 0.6) is 5.75 Å². The first-order valence-electron chi connectivity index (χ1n) is 8.13. The lowest BCUT2D eigenvalue weighted by Crippen LogP contribution is -2.44. The van der Waals surface area contributed by atoms with E-state index in [9.17, 15) is 4.79 Å². The van der Waals surface area contributed by atoms with Crippen LogP contribution in [0.25, 0.3) is 0 Å². The Morgan fingerprint density at radius 3 is 2.70 bits per heavy atom. The number of carbonyl (C=O) groups is 1. The Balaban J connectivity index is 1.57. The van der Waals surface area contributed by atoms with Gasteiger partial charge in [0.25, 0.3) is 0 Å². The van der Waals surface area contributed by atoms with E-state index >= 15 is 0 Å². The van der Waals surface area contributed by atoms with Gasteiger partial charge in [0.1, 0.15) is 12.4 Å². The maximum atomic E-state index is 12.0. The molecule has 6 heteroatoms. The summed E-state index contributed by atoms with van der Waals surface area (Å²) in [4.78, 5) is 15.9. The van der Waals surface area contributed by atoms with Crippen LogP contribution in [0.15, 0.2) is 24.3 Å². The lowest BCUT2D eigenvalue weighted by Gasteiger charge is -2.27. The Hall–Kier alpha value is -1.79.